The van der Waals surface area contributed by atoms with Crippen molar-refractivity contribution in [3.8, 4) is 0 Å². The number of hydrogen-bond acceptors (Lipinski definition) is 1. The summed E-state index contributed by atoms with van der Waals surface area (Å²) in [4.78, 5) is 0. The van der Waals surface area contributed by atoms with Crippen molar-refractivity contribution in [1.82, 2.24) is 5.32 Å². The van der Waals surface area contributed by atoms with Gasteiger partial charge in [0.05, 0.1) is 0 Å². The highest BCUT2D eigenvalue weighted by atomic mass is 14.9. The van der Waals surface area contributed by atoms with Crippen LogP contribution in [0.25, 0.3) is 0 Å². The molecule has 0 bridgehead atoms. The Morgan fingerprint density at radius 1 is 1.00 bits per heavy atom. The summed E-state index contributed by atoms with van der Waals surface area (Å²) in [6.07, 6.45) is 10.2. The summed E-state index contributed by atoms with van der Waals surface area (Å²) in [7, 11) is 0. The second-order valence-electron chi connectivity index (χ2n) is 6.06. The molecule has 0 amide bonds. The fourth-order valence-corrected chi connectivity index (χ4v) is 3.50. The third kappa shape index (κ3) is 3.21. The van der Waals surface area contributed by atoms with Gasteiger partial charge < -0.3 is 5.32 Å². The number of rotatable bonds is 3. The van der Waals surface area contributed by atoms with Crippen LogP contribution in [0.5, 0.6) is 0 Å². The Kier molecular flexibility index (Phi) is 4.07. The Morgan fingerprint density at radius 3 is 2.40 bits per heavy atom. The zero-order chi connectivity index (χ0) is 10.7. The van der Waals surface area contributed by atoms with Gasteiger partial charge in [0.1, 0.15) is 0 Å². The van der Waals surface area contributed by atoms with E-state index in [1.807, 2.05) is 0 Å². The van der Waals surface area contributed by atoms with Crippen LogP contribution < -0.4 is 5.32 Å². The van der Waals surface area contributed by atoms with Gasteiger partial charge in [-0.05, 0) is 56.4 Å². The molecule has 0 heterocycles. The molecule has 1 heteroatoms. The van der Waals surface area contributed by atoms with E-state index in [1.165, 1.54) is 51.5 Å². The lowest BCUT2D eigenvalue weighted by Gasteiger charge is -2.34. The first-order valence-corrected chi connectivity index (χ1v) is 6.99. The first-order chi connectivity index (χ1) is 7.25. The van der Waals surface area contributed by atoms with E-state index in [0.29, 0.717) is 0 Å². The topological polar surface area (TPSA) is 12.0 Å². The van der Waals surface area contributed by atoms with E-state index in [9.17, 15) is 0 Å². The third-order valence-corrected chi connectivity index (χ3v) is 4.57. The molecule has 0 radical (unpaired) electrons. The molecule has 3 atom stereocenters. The number of hydrogen-bond donors (Lipinski definition) is 1. The lowest BCUT2D eigenvalue weighted by molar-refractivity contribution is 0.221. The molecule has 1 N–H and O–H groups in total. The van der Waals surface area contributed by atoms with Crippen LogP contribution >= 0.6 is 0 Å². The molecule has 0 aromatic heterocycles. The van der Waals surface area contributed by atoms with Gasteiger partial charge in [0.2, 0.25) is 0 Å². The SMILES string of the molecule is CC1CCC(NCC2CCCC2)C(C)C1. The monoisotopic (exact) mass is 209 g/mol. The van der Waals surface area contributed by atoms with Gasteiger partial charge in [0.25, 0.3) is 0 Å². The van der Waals surface area contributed by atoms with Gasteiger partial charge >= 0.3 is 0 Å². The first-order valence-electron chi connectivity index (χ1n) is 6.99. The maximum absolute atomic E-state index is 3.83. The highest BCUT2D eigenvalue weighted by Crippen LogP contribution is 2.29. The minimum absolute atomic E-state index is 0.821. The highest BCUT2D eigenvalue weighted by molar-refractivity contribution is 4.82. The Balaban J connectivity index is 1.69. The van der Waals surface area contributed by atoms with E-state index in [0.717, 1.165) is 23.8 Å². The molecule has 1 nitrogen and oxygen atoms in total. The van der Waals surface area contributed by atoms with Crippen molar-refractivity contribution in [2.45, 2.75) is 64.8 Å². The Hall–Kier alpha value is -0.0400. The molecule has 0 saturated heterocycles. The zero-order valence-corrected chi connectivity index (χ0v) is 10.5. The van der Waals surface area contributed by atoms with E-state index in [4.69, 9.17) is 0 Å². The lowest BCUT2D eigenvalue weighted by atomic mass is 9.80. The molecule has 0 aliphatic heterocycles. The van der Waals surface area contributed by atoms with Crippen LogP contribution in [-0.4, -0.2) is 12.6 Å². The summed E-state index contributed by atoms with van der Waals surface area (Å²) in [5.74, 6) is 2.86. The van der Waals surface area contributed by atoms with Crippen molar-refractivity contribution in [2.24, 2.45) is 17.8 Å². The summed E-state index contributed by atoms with van der Waals surface area (Å²) < 4.78 is 0. The normalized spacial score (nSPS) is 38.4. The van der Waals surface area contributed by atoms with Gasteiger partial charge in [-0.25, -0.2) is 0 Å². The second kappa shape index (κ2) is 5.34. The number of nitrogens with one attached hydrogen (secondary N) is 1. The zero-order valence-electron chi connectivity index (χ0n) is 10.5. The van der Waals surface area contributed by atoms with E-state index in [1.54, 1.807) is 0 Å². The predicted octanol–water partition coefficient (Wildman–Crippen LogP) is 3.59. The quantitative estimate of drug-likeness (QED) is 0.749. The van der Waals surface area contributed by atoms with E-state index < -0.39 is 0 Å². The molecule has 2 aliphatic carbocycles. The third-order valence-electron chi connectivity index (χ3n) is 4.57. The van der Waals surface area contributed by atoms with Crippen molar-refractivity contribution in [2.75, 3.05) is 6.54 Å². The van der Waals surface area contributed by atoms with E-state index in [-0.39, 0.29) is 0 Å². The molecule has 2 fully saturated rings. The van der Waals surface area contributed by atoms with Gasteiger partial charge in [0, 0.05) is 6.04 Å². The van der Waals surface area contributed by atoms with Crippen molar-refractivity contribution >= 4 is 0 Å². The van der Waals surface area contributed by atoms with Crippen molar-refractivity contribution in [3.05, 3.63) is 0 Å². The Labute approximate surface area is 95.0 Å². The van der Waals surface area contributed by atoms with Crippen LogP contribution in [0.3, 0.4) is 0 Å². The molecule has 3 unspecified atom stereocenters. The van der Waals surface area contributed by atoms with E-state index >= 15 is 0 Å². The van der Waals surface area contributed by atoms with Crippen LogP contribution in [0.2, 0.25) is 0 Å². The summed E-state index contributed by atoms with van der Waals surface area (Å²) in [6.45, 7) is 6.13. The van der Waals surface area contributed by atoms with Gasteiger partial charge in [0.15, 0.2) is 0 Å². The standard InChI is InChI=1S/C14H27N/c1-11-7-8-14(12(2)9-11)15-10-13-5-3-4-6-13/h11-15H,3-10H2,1-2H3. The van der Waals surface area contributed by atoms with Crippen LogP contribution in [0, 0.1) is 17.8 Å². The van der Waals surface area contributed by atoms with Crippen LogP contribution in [0.15, 0.2) is 0 Å². The second-order valence-corrected chi connectivity index (χ2v) is 6.06. The summed E-state index contributed by atoms with van der Waals surface area (Å²) >= 11 is 0. The maximum atomic E-state index is 3.83. The molecular formula is C14H27N. The average Bonchev–Trinajstić information content (AvgIpc) is 2.69. The molecule has 2 saturated carbocycles. The molecule has 15 heavy (non-hydrogen) atoms. The summed E-state index contributed by atoms with van der Waals surface area (Å²) in [5, 5.41) is 3.83. The average molecular weight is 209 g/mol. The van der Waals surface area contributed by atoms with Gasteiger partial charge in [-0.2, -0.15) is 0 Å². The minimum Gasteiger partial charge on any atom is -0.313 e. The molecule has 88 valence electrons. The molecular weight excluding hydrogens is 182 g/mol. The molecule has 2 rings (SSSR count). The van der Waals surface area contributed by atoms with Gasteiger partial charge in [-0.3, -0.25) is 0 Å². The minimum atomic E-state index is 0.821. The van der Waals surface area contributed by atoms with Crippen molar-refractivity contribution in [3.63, 3.8) is 0 Å². The van der Waals surface area contributed by atoms with Crippen molar-refractivity contribution < 1.29 is 0 Å². The van der Waals surface area contributed by atoms with Gasteiger partial charge in [-0.1, -0.05) is 26.7 Å². The van der Waals surface area contributed by atoms with Crippen LogP contribution in [0.1, 0.15) is 58.8 Å². The summed E-state index contributed by atoms with van der Waals surface area (Å²) in [5.41, 5.74) is 0. The predicted molar refractivity (Wildman–Crippen MR) is 65.9 cm³/mol. The first kappa shape index (κ1) is 11.4. The van der Waals surface area contributed by atoms with Crippen LogP contribution in [-0.2, 0) is 0 Å². The van der Waals surface area contributed by atoms with Crippen LogP contribution in [0.4, 0.5) is 0 Å². The Morgan fingerprint density at radius 2 is 1.73 bits per heavy atom. The Bertz CT molecular complexity index is 184. The molecule has 0 aromatic carbocycles. The molecule has 0 aromatic rings. The fraction of sp³-hybridized carbons (Fsp3) is 1.00. The van der Waals surface area contributed by atoms with Crippen molar-refractivity contribution in [1.29, 1.82) is 0 Å². The highest BCUT2D eigenvalue weighted by Gasteiger charge is 2.25. The van der Waals surface area contributed by atoms with Gasteiger partial charge in [-0.15, -0.1) is 0 Å². The molecule has 0 spiro atoms. The lowest BCUT2D eigenvalue weighted by Crippen LogP contribution is -2.40. The fourth-order valence-electron chi connectivity index (χ4n) is 3.50. The summed E-state index contributed by atoms with van der Waals surface area (Å²) in [6, 6.07) is 0.821. The van der Waals surface area contributed by atoms with E-state index in [2.05, 4.69) is 19.2 Å². The maximum Gasteiger partial charge on any atom is 0.00930 e. The molecule has 2 aliphatic rings. The largest absolute Gasteiger partial charge is 0.313 e. The smallest absolute Gasteiger partial charge is 0.00930 e.